The molecule has 2 aromatic heterocycles. The van der Waals surface area contributed by atoms with Crippen LogP contribution in [0.1, 0.15) is 60.8 Å². The molecule has 0 aliphatic carbocycles. The van der Waals surface area contributed by atoms with Crippen molar-refractivity contribution in [2.75, 3.05) is 31.1 Å². The Labute approximate surface area is 190 Å². The van der Waals surface area contributed by atoms with Crippen LogP contribution in [0.5, 0.6) is 0 Å². The van der Waals surface area contributed by atoms with Gasteiger partial charge in [-0.15, -0.1) is 0 Å². The number of hydrogen-bond donors (Lipinski definition) is 1. The highest BCUT2D eigenvalue weighted by Gasteiger charge is 2.26. The lowest BCUT2D eigenvalue weighted by Gasteiger charge is -2.33. The number of piperidine rings is 1. The highest BCUT2D eigenvalue weighted by atomic mass is 16.5. The number of hydrogen-bond acceptors (Lipinski definition) is 5. The average molecular weight is 440 g/mol. The first kappa shape index (κ1) is 21.7. The Morgan fingerprint density at radius 2 is 2.09 bits per heavy atom. The van der Waals surface area contributed by atoms with Gasteiger partial charge in [0.15, 0.2) is 0 Å². The Balaban J connectivity index is 1.31. The van der Waals surface area contributed by atoms with E-state index in [1.807, 2.05) is 0 Å². The highest BCUT2D eigenvalue weighted by molar-refractivity contribution is 5.35. The van der Waals surface area contributed by atoms with Crippen molar-refractivity contribution in [2.45, 2.75) is 78.6 Å². The number of fused-ring (bicyclic) bond motifs is 1. The van der Waals surface area contributed by atoms with Crippen molar-refractivity contribution >= 4 is 5.95 Å². The van der Waals surface area contributed by atoms with E-state index < -0.39 is 0 Å². The van der Waals surface area contributed by atoms with Crippen LogP contribution >= 0.6 is 0 Å². The van der Waals surface area contributed by atoms with Gasteiger partial charge >= 0.3 is 0 Å². The molecule has 0 spiro atoms. The normalized spacial score (nSPS) is 24.2. The fraction of sp³-hybridized carbons (Fsp3) is 0.680. The van der Waals surface area contributed by atoms with E-state index in [9.17, 15) is 4.79 Å². The number of ether oxygens (including phenoxy) is 1. The van der Waals surface area contributed by atoms with Gasteiger partial charge in [0.1, 0.15) is 0 Å². The van der Waals surface area contributed by atoms with Gasteiger partial charge in [0.25, 0.3) is 5.56 Å². The molecule has 0 aromatic carbocycles. The number of aromatic nitrogens is 3. The summed E-state index contributed by atoms with van der Waals surface area (Å²) in [5, 5.41) is 0. The molecule has 3 aliphatic rings. The molecule has 0 radical (unpaired) electrons. The summed E-state index contributed by atoms with van der Waals surface area (Å²) >= 11 is 0. The molecule has 7 nitrogen and oxygen atoms in total. The molecule has 0 bridgehead atoms. The molecule has 0 unspecified atom stereocenters. The van der Waals surface area contributed by atoms with E-state index >= 15 is 0 Å². The predicted molar refractivity (Wildman–Crippen MR) is 126 cm³/mol. The van der Waals surface area contributed by atoms with Gasteiger partial charge in [-0.2, -0.15) is 0 Å². The lowest BCUT2D eigenvalue weighted by molar-refractivity contribution is 0.0961. The van der Waals surface area contributed by atoms with Gasteiger partial charge in [0.05, 0.1) is 11.8 Å². The number of nitrogens with one attached hydrogen (secondary N) is 1. The topological polar surface area (TPSA) is 66.4 Å². The van der Waals surface area contributed by atoms with Gasteiger partial charge in [-0.05, 0) is 63.5 Å². The van der Waals surface area contributed by atoms with Crippen molar-refractivity contribution in [3.8, 4) is 0 Å². The van der Waals surface area contributed by atoms with Gasteiger partial charge in [0.2, 0.25) is 5.95 Å². The summed E-state index contributed by atoms with van der Waals surface area (Å²) in [7, 11) is 0. The zero-order valence-corrected chi connectivity index (χ0v) is 19.8. The number of aromatic amines is 1. The fourth-order valence-electron chi connectivity index (χ4n) is 5.69. The van der Waals surface area contributed by atoms with Crippen LogP contribution in [0.2, 0.25) is 0 Å². The molecule has 0 saturated carbocycles. The molecular formula is C25H37N5O2. The lowest BCUT2D eigenvalue weighted by Crippen LogP contribution is -2.39. The van der Waals surface area contributed by atoms with Crippen LogP contribution in [0.15, 0.2) is 10.9 Å². The molecule has 5 heterocycles. The van der Waals surface area contributed by atoms with Gasteiger partial charge < -0.3 is 14.2 Å². The zero-order valence-electron chi connectivity index (χ0n) is 19.8. The molecule has 32 heavy (non-hydrogen) atoms. The molecule has 0 amide bonds. The minimum Gasteiger partial charge on any atom is -0.376 e. The monoisotopic (exact) mass is 439 g/mol. The Bertz CT molecular complexity index is 1020. The van der Waals surface area contributed by atoms with E-state index in [1.165, 1.54) is 29.8 Å². The molecule has 1 N–H and O–H groups in total. The third-order valence-electron chi connectivity index (χ3n) is 7.58. The van der Waals surface area contributed by atoms with Crippen LogP contribution in [-0.4, -0.2) is 51.8 Å². The molecule has 5 rings (SSSR count). The Kier molecular flexibility index (Phi) is 6.12. The molecule has 2 atom stereocenters. The molecular weight excluding hydrogens is 402 g/mol. The summed E-state index contributed by atoms with van der Waals surface area (Å²) in [5.41, 5.74) is 5.91. The van der Waals surface area contributed by atoms with Crippen molar-refractivity contribution in [3.63, 3.8) is 0 Å². The van der Waals surface area contributed by atoms with Gasteiger partial charge in [-0.25, -0.2) is 4.98 Å². The zero-order chi connectivity index (χ0) is 22.2. The summed E-state index contributed by atoms with van der Waals surface area (Å²) in [5.74, 6) is 1.41. The SMILES string of the molecule is Cc1cc(CN2CCc3c(nc(N4CCC[C@H](C)C4)[nH]c3=O)C2)c(C)n1C[C@@H]1CCCO1. The second kappa shape index (κ2) is 9.02. The highest BCUT2D eigenvalue weighted by Crippen LogP contribution is 2.25. The largest absolute Gasteiger partial charge is 0.376 e. The first-order valence-corrected chi connectivity index (χ1v) is 12.3. The average Bonchev–Trinajstić information content (AvgIpc) is 3.38. The third-order valence-corrected chi connectivity index (χ3v) is 7.58. The molecule has 174 valence electrons. The summed E-state index contributed by atoms with van der Waals surface area (Å²) in [4.78, 5) is 25.5. The molecule has 2 aromatic rings. The van der Waals surface area contributed by atoms with Gasteiger partial charge in [-0.3, -0.25) is 14.7 Å². The van der Waals surface area contributed by atoms with Crippen LogP contribution in [0.25, 0.3) is 0 Å². The van der Waals surface area contributed by atoms with Crippen LogP contribution in [0, 0.1) is 19.8 Å². The summed E-state index contributed by atoms with van der Waals surface area (Å²) in [6.45, 7) is 13.0. The van der Waals surface area contributed by atoms with Crippen LogP contribution in [0.4, 0.5) is 5.95 Å². The minimum atomic E-state index is 0.0534. The second-order valence-corrected chi connectivity index (χ2v) is 10.1. The fourth-order valence-corrected chi connectivity index (χ4v) is 5.69. The van der Waals surface area contributed by atoms with E-state index in [1.54, 1.807) is 0 Å². The van der Waals surface area contributed by atoms with E-state index in [-0.39, 0.29) is 5.56 Å². The molecule has 7 heteroatoms. The van der Waals surface area contributed by atoms with Crippen molar-refractivity contribution < 1.29 is 4.74 Å². The van der Waals surface area contributed by atoms with Crippen molar-refractivity contribution in [3.05, 3.63) is 44.6 Å². The first-order chi connectivity index (χ1) is 15.5. The predicted octanol–water partition coefficient (Wildman–Crippen LogP) is 3.16. The number of anilines is 1. The van der Waals surface area contributed by atoms with Crippen molar-refractivity contribution in [2.24, 2.45) is 5.92 Å². The molecule has 3 aliphatic heterocycles. The smallest absolute Gasteiger partial charge is 0.255 e. The number of aryl methyl sites for hydroxylation is 1. The van der Waals surface area contributed by atoms with E-state index in [0.717, 1.165) is 82.3 Å². The molecule has 2 fully saturated rings. The maximum Gasteiger partial charge on any atom is 0.255 e. The van der Waals surface area contributed by atoms with Crippen molar-refractivity contribution in [1.82, 2.24) is 19.4 Å². The number of nitrogens with zero attached hydrogens (tertiary/aromatic N) is 4. The van der Waals surface area contributed by atoms with Crippen LogP contribution in [-0.2, 0) is 30.8 Å². The Morgan fingerprint density at radius 1 is 1.22 bits per heavy atom. The van der Waals surface area contributed by atoms with Crippen LogP contribution < -0.4 is 10.5 Å². The second-order valence-electron chi connectivity index (χ2n) is 10.1. The number of H-pyrrole nitrogens is 1. The van der Waals surface area contributed by atoms with Gasteiger partial charge in [-0.1, -0.05) is 6.92 Å². The van der Waals surface area contributed by atoms with Gasteiger partial charge in [0, 0.05) is 62.8 Å². The maximum atomic E-state index is 12.8. The quantitative estimate of drug-likeness (QED) is 0.775. The Hall–Kier alpha value is -2.12. The lowest BCUT2D eigenvalue weighted by atomic mass is 10.0. The summed E-state index contributed by atoms with van der Waals surface area (Å²) < 4.78 is 8.29. The minimum absolute atomic E-state index is 0.0534. The van der Waals surface area contributed by atoms with Crippen LogP contribution in [0.3, 0.4) is 0 Å². The number of rotatable bonds is 5. The first-order valence-electron chi connectivity index (χ1n) is 12.3. The van der Waals surface area contributed by atoms with E-state index in [0.29, 0.717) is 12.0 Å². The summed E-state index contributed by atoms with van der Waals surface area (Å²) in [6, 6.07) is 2.32. The Morgan fingerprint density at radius 3 is 2.88 bits per heavy atom. The third kappa shape index (κ3) is 4.37. The van der Waals surface area contributed by atoms with E-state index in [4.69, 9.17) is 9.72 Å². The summed E-state index contributed by atoms with van der Waals surface area (Å²) in [6.07, 6.45) is 5.87. The van der Waals surface area contributed by atoms with E-state index in [2.05, 4.69) is 46.2 Å². The standard InChI is InChI=1S/C25H37N5O2/c1-17-6-4-9-29(13-17)25-26-23-16-28(10-8-22(23)24(31)27-25)14-20-12-18(2)30(19(20)3)15-21-7-5-11-32-21/h12,17,21H,4-11,13-16H2,1-3H3,(H,26,27,31)/t17-,21-/m0/s1. The molecule has 2 saturated heterocycles. The van der Waals surface area contributed by atoms with Crippen molar-refractivity contribution in [1.29, 1.82) is 0 Å². The maximum absolute atomic E-state index is 12.8.